The molecule has 1 saturated carbocycles. The van der Waals surface area contributed by atoms with Crippen molar-refractivity contribution in [3.63, 3.8) is 0 Å². The molecule has 2 fully saturated rings. The highest BCUT2D eigenvalue weighted by molar-refractivity contribution is 6.36. The highest BCUT2D eigenvalue weighted by Crippen LogP contribution is 2.63. The number of piperidine rings is 1. The van der Waals surface area contributed by atoms with Gasteiger partial charge in [0.15, 0.2) is 0 Å². The maximum Gasteiger partial charge on any atom is 0.123 e. The molecule has 2 aromatic carbocycles. The minimum atomic E-state index is 0.190. The predicted molar refractivity (Wildman–Crippen MR) is 117 cm³/mol. The van der Waals surface area contributed by atoms with E-state index >= 15 is 0 Å². The van der Waals surface area contributed by atoms with E-state index in [0.29, 0.717) is 21.8 Å². The van der Waals surface area contributed by atoms with E-state index in [1.807, 2.05) is 12.1 Å². The van der Waals surface area contributed by atoms with E-state index in [1.165, 1.54) is 43.2 Å². The number of fused-ring (bicyclic) bond motifs is 1. The number of hydrogen-bond donors (Lipinski definition) is 1. The Morgan fingerprint density at radius 3 is 2.61 bits per heavy atom. The molecule has 28 heavy (non-hydrogen) atoms. The highest BCUT2D eigenvalue weighted by Gasteiger charge is 2.60. The summed E-state index contributed by atoms with van der Waals surface area (Å²) in [6.45, 7) is 3.65. The minimum Gasteiger partial charge on any atom is -0.507 e. The minimum absolute atomic E-state index is 0.190. The lowest BCUT2D eigenvalue weighted by atomic mass is 9.44. The Morgan fingerprint density at radius 1 is 1.04 bits per heavy atom. The molecule has 2 aromatic rings. The smallest absolute Gasteiger partial charge is 0.123 e. The molecule has 148 valence electrons. The molecule has 2 bridgehead atoms. The summed E-state index contributed by atoms with van der Waals surface area (Å²) < 4.78 is 0. The SMILES string of the molecule is CN1CC[C@@]23CCCC[C@]2(C)[C@@H]1Cc1cc(-c2ccc(Cl)cc2Cl)c(O)cc13. The van der Waals surface area contributed by atoms with E-state index in [-0.39, 0.29) is 10.8 Å². The van der Waals surface area contributed by atoms with Crippen LogP contribution in [-0.4, -0.2) is 29.6 Å². The first kappa shape index (κ1) is 18.8. The zero-order valence-corrected chi connectivity index (χ0v) is 18.1. The molecule has 1 N–H and O–H groups in total. The maximum absolute atomic E-state index is 11.0. The molecule has 3 aliphatic rings. The predicted octanol–water partition coefficient (Wildman–Crippen LogP) is 6.44. The lowest BCUT2D eigenvalue weighted by molar-refractivity contribution is -0.0735. The Bertz CT molecular complexity index is 958. The maximum atomic E-state index is 11.0. The molecule has 0 spiro atoms. The number of likely N-dealkylation sites (N-methyl/N-ethyl adjacent to an activating group) is 1. The van der Waals surface area contributed by atoms with Crippen LogP contribution in [-0.2, 0) is 11.8 Å². The van der Waals surface area contributed by atoms with Crippen molar-refractivity contribution >= 4 is 23.2 Å². The summed E-state index contributed by atoms with van der Waals surface area (Å²) >= 11 is 12.5. The largest absolute Gasteiger partial charge is 0.507 e. The molecular weight excluding hydrogens is 389 g/mol. The number of phenolic OH excluding ortho intramolecular Hbond substituents is 1. The number of rotatable bonds is 1. The summed E-state index contributed by atoms with van der Waals surface area (Å²) in [4.78, 5) is 2.58. The van der Waals surface area contributed by atoms with Crippen LogP contribution in [0.5, 0.6) is 5.75 Å². The molecule has 1 heterocycles. The van der Waals surface area contributed by atoms with Gasteiger partial charge in [0.25, 0.3) is 0 Å². The number of likely N-dealkylation sites (tertiary alicyclic amines) is 1. The van der Waals surface area contributed by atoms with Crippen molar-refractivity contribution < 1.29 is 5.11 Å². The fourth-order valence-electron chi connectivity index (χ4n) is 6.69. The van der Waals surface area contributed by atoms with E-state index in [0.717, 1.165) is 24.1 Å². The molecule has 4 heteroatoms. The number of phenols is 1. The van der Waals surface area contributed by atoms with Gasteiger partial charge in [0, 0.05) is 27.6 Å². The van der Waals surface area contributed by atoms with Crippen molar-refractivity contribution in [1.82, 2.24) is 4.90 Å². The molecule has 2 aliphatic carbocycles. The summed E-state index contributed by atoms with van der Waals surface area (Å²) in [5.74, 6) is 0.336. The van der Waals surface area contributed by atoms with Gasteiger partial charge in [0.1, 0.15) is 5.75 Å². The molecule has 5 rings (SSSR count). The monoisotopic (exact) mass is 415 g/mol. The standard InChI is InChI=1S/C24H27Cl2NO/c1-23-7-3-4-8-24(23)9-10-27(2)22(23)12-15-11-18(21(28)14-19(15)24)17-6-5-16(25)13-20(17)26/h5-6,11,13-14,22,28H,3-4,7-10,12H2,1-2H3/t22-,23+,24+/m0/s1. The topological polar surface area (TPSA) is 23.5 Å². The van der Waals surface area contributed by atoms with Gasteiger partial charge in [-0.05, 0) is 80.1 Å². The molecule has 1 aliphatic heterocycles. The Hall–Kier alpha value is -1.22. The van der Waals surface area contributed by atoms with E-state index < -0.39 is 0 Å². The zero-order valence-electron chi connectivity index (χ0n) is 16.6. The van der Waals surface area contributed by atoms with E-state index in [1.54, 1.807) is 6.07 Å². The zero-order chi connectivity index (χ0) is 19.7. The fraction of sp³-hybridized carbons (Fsp3) is 0.500. The van der Waals surface area contributed by atoms with Gasteiger partial charge in [-0.2, -0.15) is 0 Å². The second-order valence-corrected chi connectivity index (χ2v) is 10.2. The lowest BCUT2D eigenvalue weighted by Gasteiger charge is -2.65. The molecule has 0 unspecified atom stereocenters. The second kappa shape index (κ2) is 6.39. The second-order valence-electron chi connectivity index (χ2n) is 9.31. The summed E-state index contributed by atoms with van der Waals surface area (Å²) in [5, 5.41) is 12.2. The third-order valence-electron chi connectivity index (χ3n) is 8.17. The molecule has 0 radical (unpaired) electrons. The van der Waals surface area contributed by atoms with Gasteiger partial charge in [-0.3, -0.25) is 0 Å². The first-order chi connectivity index (χ1) is 13.4. The van der Waals surface area contributed by atoms with Crippen molar-refractivity contribution in [2.75, 3.05) is 13.6 Å². The number of halogens is 2. The van der Waals surface area contributed by atoms with Crippen LogP contribution in [0.25, 0.3) is 11.1 Å². The van der Waals surface area contributed by atoms with Crippen LogP contribution >= 0.6 is 23.2 Å². The van der Waals surface area contributed by atoms with Gasteiger partial charge >= 0.3 is 0 Å². The lowest BCUT2D eigenvalue weighted by Crippen LogP contribution is -2.66. The van der Waals surface area contributed by atoms with Gasteiger partial charge in [-0.25, -0.2) is 0 Å². The average molecular weight is 416 g/mol. The Balaban J connectivity index is 1.71. The van der Waals surface area contributed by atoms with Gasteiger partial charge < -0.3 is 10.0 Å². The van der Waals surface area contributed by atoms with Crippen molar-refractivity contribution in [3.8, 4) is 16.9 Å². The van der Waals surface area contributed by atoms with Gasteiger partial charge in [-0.15, -0.1) is 0 Å². The highest BCUT2D eigenvalue weighted by atomic mass is 35.5. The number of aromatic hydroxyl groups is 1. The van der Waals surface area contributed by atoms with E-state index in [2.05, 4.69) is 31.0 Å². The molecule has 0 aromatic heterocycles. The van der Waals surface area contributed by atoms with Crippen LogP contribution < -0.4 is 0 Å². The van der Waals surface area contributed by atoms with Crippen LogP contribution in [0, 0.1) is 5.41 Å². The van der Waals surface area contributed by atoms with E-state index in [9.17, 15) is 5.11 Å². The third kappa shape index (κ3) is 2.44. The number of hydrogen-bond acceptors (Lipinski definition) is 2. The number of benzene rings is 2. The van der Waals surface area contributed by atoms with Crippen LogP contribution in [0.15, 0.2) is 30.3 Å². The Kier molecular flexibility index (Phi) is 4.29. The summed E-state index contributed by atoms with van der Waals surface area (Å²) in [7, 11) is 2.29. The quantitative estimate of drug-likeness (QED) is 0.578. The van der Waals surface area contributed by atoms with Crippen LogP contribution in [0.2, 0.25) is 10.0 Å². The number of nitrogens with zero attached hydrogens (tertiary/aromatic N) is 1. The summed E-state index contributed by atoms with van der Waals surface area (Å²) in [6.07, 6.45) is 7.36. The first-order valence-electron chi connectivity index (χ1n) is 10.4. The third-order valence-corrected chi connectivity index (χ3v) is 8.72. The van der Waals surface area contributed by atoms with Crippen molar-refractivity contribution in [2.24, 2.45) is 5.41 Å². The van der Waals surface area contributed by atoms with Crippen molar-refractivity contribution in [1.29, 1.82) is 0 Å². The molecule has 2 nitrogen and oxygen atoms in total. The summed E-state index contributed by atoms with van der Waals surface area (Å²) in [5.41, 5.74) is 4.92. The molecular formula is C24H27Cl2NO. The Labute approximate surface area is 177 Å². The fourth-order valence-corrected chi connectivity index (χ4v) is 7.20. The van der Waals surface area contributed by atoms with Crippen molar-refractivity contribution in [3.05, 3.63) is 51.5 Å². The molecule has 1 saturated heterocycles. The van der Waals surface area contributed by atoms with Crippen molar-refractivity contribution in [2.45, 2.75) is 56.9 Å². The Morgan fingerprint density at radius 2 is 1.82 bits per heavy atom. The molecule has 0 amide bonds. The molecule has 3 atom stereocenters. The van der Waals surface area contributed by atoms with Gasteiger partial charge in [0.05, 0.1) is 5.02 Å². The van der Waals surface area contributed by atoms with Gasteiger partial charge in [-0.1, -0.05) is 49.0 Å². The van der Waals surface area contributed by atoms with Crippen LogP contribution in [0.3, 0.4) is 0 Å². The summed E-state index contributed by atoms with van der Waals surface area (Å²) in [6, 6.07) is 10.3. The van der Waals surface area contributed by atoms with Crippen LogP contribution in [0.4, 0.5) is 0 Å². The van der Waals surface area contributed by atoms with Crippen LogP contribution in [0.1, 0.15) is 50.2 Å². The first-order valence-corrected chi connectivity index (χ1v) is 11.1. The average Bonchev–Trinajstić information content (AvgIpc) is 2.65. The normalized spacial score (nSPS) is 31.9. The van der Waals surface area contributed by atoms with E-state index in [4.69, 9.17) is 23.2 Å². The van der Waals surface area contributed by atoms with Gasteiger partial charge in [0.2, 0.25) is 0 Å².